The van der Waals surface area contributed by atoms with Crippen LogP contribution in [0.3, 0.4) is 0 Å². The Bertz CT molecular complexity index is 2420. The Hall–Kier alpha value is -5.80. The topological polar surface area (TPSA) is 30.7 Å². The van der Waals surface area contributed by atoms with Gasteiger partial charge in [-0.25, -0.2) is 9.97 Å². The maximum absolute atomic E-state index is 5.30. The van der Waals surface area contributed by atoms with E-state index in [1.807, 2.05) is 12.1 Å². The van der Waals surface area contributed by atoms with Crippen LogP contribution in [0.5, 0.6) is 0 Å². The molecule has 0 radical (unpaired) electrons. The van der Waals surface area contributed by atoms with Crippen LogP contribution >= 0.6 is 0 Å². The van der Waals surface area contributed by atoms with Gasteiger partial charge in [-0.3, -0.25) is 4.57 Å². The van der Waals surface area contributed by atoms with E-state index in [9.17, 15) is 0 Å². The summed E-state index contributed by atoms with van der Waals surface area (Å²) in [6.45, 7) is 4.71. The normalized spacial score (nSPS) is 13.2. The van der Waals surface area contributed by atoms with E-state index in [0.717, 1.165) is 33.5 Å². The summed E-state index contributed by atoms with van der Waals surface area (Å²) in [6.07, 6.45) is 0. The van der Waals surface area contributed by atoms with Crippen LogP contribution in [0.25, 0.3) is 72.5 Å². The molecule has 0 fully saturated rings. The molecular formula is C43H31N3. The predicted molar refractivity (Wildman–Crippen MR) is 190 cm³/mol. The van der Waals surface area contributed by atoms with Gasteiger partial charge in [0.1, 0.15) is 0 Å². The van der Waals surface area contributed by atoms with E-state index >= 15 is 0 Å². The average molecular weight is 590 g/mol. The molecule has 0 spiro atoms. The Morgan fingerprint density at radius 1 is 0.478 bits per heavy atom. The van der Waals surface area contributed by atoms with E-state index in [4.69, 9.17) is 9.97 Å². The molecule has 2 aromatic heterocycles. The minimum absolute atomic E-state index is 0.140. The first kappa shape index (κ1) is 26.6. The highest BCUT2D eigenvalue weighted by Gasteiger charge is 2.38. The van der Waals surface area contributed by atoms with E-state index in [0.29, 0.717) is 5.95 Å². The summed E-state index contributed by atoms with van der Waals surface area (Å²) < 4.78 is 2.26. The molecule has 2 heterocycles. The first-order valence-corrected chi connectivity index (χ1v) is 15.9. The summed E-state index contributed by atoms with van der Waals surface area (Å²) in [4.78, 5) is 10.6. The van der Waals surface area contributed by atoms with Crippen molar-refractivity contribution in [3.63, 3.8) is 0 Å². The maximum Gasteiger partial charge on any atom is 0.235 e. The largest absolute Gasteiger partial charge is 0.278 e. The summed E-state index contributed by atoms with van der Waals surface area (Å²) in [5.41, 5.74) is 13.8. The lowest BCUT2D eigenvalue weighted by Gasteiger charge is -2.22. The van der Waals surface area contributed by atoms with Crippen molar-refractivity contribution in [2.45, 2.75) is 19.3 Å². The SMILES string of the molecule is CC1(C)c2ccccc2-c2ccc3c(c21)c1ccccc1n3-c1nc(-c2ccccc2)cc(-c2ccc(-c3ccccc3)cc2)n1. The lowest BCUT2D eigenvalue weighted by Crippen LogP contribution is -2.15. The molecule has 6 aromatic carbocycles. The number of nitrogens with zero attached hydrogens (tertiary/aromatic N) is 3. The van der Waals surface area contributed by atoms with Gasteiger partial charge in [-0.05, 0) is 51.6 Å². The van der Waals surface area contributed by atoms with Crippen LogP contribution in [0.1, 0.15) is 25.0 Å². The van der Waals surface area contributed by atoms with Crippen molar-refractivity contribution in [3.8, 4) is 50.7 Å². The summed E-state index contributed by atoms with van der Waals surface area (Å²) in [5.74, 6) is 0.669. The summed E-state index contributed by atoms with van der Waals surface area (Å²) in [5, 5.41) is 2.49. The Labute approximate surface area is 268 Å². The number of benzene rings is 6. The van der Waals surface area contributed by atoms with Crippen LogP contribution in [0.2, 0.25) is 0 Å². The molecule has 0 N–H and O–H groups in total. The Morgan fingerprint density at radius 2 is 1.04 bits per heavy atom. The van der Waals surface area contributed by atoms with Gasteiger partial charge >= 0.3 is 0 Å². The van der Waals surface area contributed by atoms with Crippen LogP contribution in [0.15, 0.2) is 152 Å². The van der Waals surface area contributed by atoms with Crippen LogP contribution < -0.4 is 0 Å². The monoisotopic (exact) mass is 589 g/mol. The van der Waals surface area contributed by atoms with Gasteiger partial charge in [0.05, 0.1) is 22.4 Å². The van der Waals surface area contributed by atoms with E-state index in [1.54, 1.807) is 0 Å². The van der Waals surface area contributed by atoms with Gasteiger partial charge < -0.3 is 0 Å². The fourth-order valence-electron chi connectivity index (χ4n) is 7.45. The standard InChI is InChI=1S/C43H31N3/c1-43(2)35-19-11-9-17-32(35)33-25-26-39-40(41(33)43)34-18-10-12-20-38(34)46(39)42-44-36(30-15-7-4-8-16-30)27-37(45-42)31-23-21-29(22-24-31)28-13-5-3-6-14-28/h3-27H,1-2H3. The Balaban J connectivity index is 1.30. The second kappa shape index (κ2) is 10.1. The molecule has 3 heteroatoms. The summed E-state index contributed by atoms with van der Waals surface area (Å²) in [7, 11) is 0. The quantitative estimate of drug-likeness (QED) is 0.204. The third kappa shape index (κ3) is 3.98. The van der Waals surface area contributed by atoms with E-state index < -0.39 is 0 Å². The molecule has 0 bridgehead atoms. The Morgan fingerprint density at radius 3 is 1.78 bits per heavy atom. The highest BCUT2D eigenvalue weighted by molar-refractivity contribution is 6.14. The van der Waals surface area contributed by atoms with Crippen molar-refractivity contribution in [1.82, 2.24) is 14.5 Å². The molecule has 0 atom stereocenters. The van der Waals surface area contributed by atoms with Crippen molar-refractivity contribution in [2.24, 2.45) is 0 Å². The zero-order valence-corrected chi connectivity index (χ0v) is 25.8. The molecule has 0 unspecified atom stereocenters. The second-order valence-corrected chi connectivity index (χ2v) is 12.7. The Kier molecular flexibility index (Phi) is 5.85. The first-order chi connectivity index (χ1) is 22.6. The number of aromatic nitrogens is 3. The van der Waals surface area contributed by atoms with Gasteiger partial charge in [0, 0.05) is 27.3 Å². The highest BCUT2D eigenvalue weighted by atomic mass is 15.2. The molecule has 0 aliphatic heterocycles. The summed E-state index contributed by atoms with van der Waals surface area (Å²) >= 11 is 0. The molecule has 218 valence electrons. The van der Waals surface area contributed by atoms with Gasteiger partial charge in [0.25, 0.3) is 0 Å². The van der Waals surface area contributed by atoms with Crippen molar-refractivity contribution in [2.75, 3.05) is 0 Å². The van der Waals surface area contributed by atoms with Gasteiger partial charge in [0.2, 0.25) is 5.95 Å². The molecule has 0 saturated heterocycles. The van der Waals surface area contributed by atoms with Crippen LogP contribution in [-0.2, 0) is 5.41 Å². The third-order valence-electron chi connectivity index (χ3n) is 9.63. The predicted octanol–water partition coefficient (Wildman–Crippen LogP) is 10.9. The van der Waals surface area contributed by atoms with Crippen LogP contribution in [0, 0.1) is 0 Å². The molecular weight excluding hydrogens is 558 g/mol. The highest BCUT2D eigenvalue weighted by Crippen LogP contribution is 2.53. The van der Waals surface area contributed by atoms with Gasteiger partial charge in [0.15, 0.2) is 0 Å². The molecule has 0 amide bonds. The number of hydrogen-bond donors (Lipinski definition) is 0. The smallest absolute Gasteiger partial charge is 0.235 e. The van der Waals surface area contributed by atoms with Crippen molar-refractivity contribution in [3.05, 3.63) is 163 Å². The molecule has 3 nitrogen and oxygen atoms in total. The zero-order valence-electron chi connectivity index (χ0n) is 25.8. The fourth-order valence-corrected chi connectivity index (χ4v) is 7.45. The lowest BCUT2D eigenvalue weighted by atomic mass is 9.80. The van der Waals surface area contributed by atoms with Gasteiger partial charge in [-0.2, -0.15) is 0 Å². The second-order valence-electron chi connectivity index (χ2n) is 12.7. The van der Waals surface area contributed by atoms with Crippen molar-refractivity contribution < 1.29 is 0 Å². The third-order valence-corrected chi connectivity index (χ3v) is 9.63. The van der Waals surface area contributed by atoms with Crippen LogP contribution in [0.4, 0.5) is 0 Å². The minimum atomic E-state index is -0.140. The number of hydrogen-bond acceptors (Lipinski definition) is 2. The average Bonchev–Trinajstić information content (AvgIpc) is 3.57. The van der Waals surface area contributed by atoms with Crippen molar-refractivity contribution >= 4 is 21.8 Å². The molecule has 0 saturated carbocycles. The molecule has 1 aliphatic carbocycles. The molecule has 8 aromatic rings. The van der Waals surface area contributed by atoms with Gasteiger partial charge in [-0.1, -0.05) is 147 Å². The summed E-state index contributed by atoms with van der Waals surface area (Å²) in [6, 6.07) is 53.8. The first-order valence-electron chi connectivity index (χ1n) is 15.9. The maximum atomic E-state index is 5.30. The number of fused-ring (bicyclic) bond motifs is 7. The van der Waals surface area contributed by atoms with E-state index in [-0.39, 0.29) is 5.41 Å². The number of para-hydroxylation sites is 1. The fraction of sp³-hybridized carbons (Fsp3) is 0.0698. The van der Waals surface area contributed by atoms with E-state index in [1.165, 1.54) is 44.2 Å². The van der Waals surface area contributed by atoms with E-state index in [2.05, 4.69) is 158 Å². The minimum Gasteiger partial charge on any atom is -0.278 e. The molecule has 1 aliphatic rings. The van der Waals surface area contributed by atoms with Gasteiger partial charge in [-0.15, -0.1) is 0 Å². The lowest BCUT2D eigenvalue weighted by molar-refractivity contribution is 0.666. The number of rotatable bonds is 4. The molecule has 9 rings (SSSR count). The van der Waals surface area contributed by atoms with Crippen molar-refractivity contribution in [1.29, 1.82) is 0 Å². The van der Waals surface area contributed by atoms with Crippen LogP contribution in [-0.4, -0.2) is 14.5 Å². The molecule has 46 heavy (non-hydrogen) atoms. The zero-order chi connectivity index (χ0) is 30.8.